The van der Waals surface area contributed by atoms with Crippen LogP contribution in [0.2, 0.25) is 0 Å². The molecule has 0 aliphatic heterocycles. The summed E-state index contributed by atoms with van der Waals surface area (Å²) in [6.45, 7) is 0. The van der Waals surface area contributed by atoms with Gasteiger partial charge in [-0.1, -0.05) is 6.07 Å². The molecular weight excluding hydrogens is 212 g/mol. The van der Waals surface area contributed by atoms with Gasteiger partial charge in [0.1, 0.15) is 0 Å². The van der Waals surface area contributed by atoms with Gasteiger partial charge >= 0.3 is 0 Å². The van der Waals surface area contributed by atoms with Crippen molar-refractivity contribution in [1.82, 2.24) is 0 Å². The highest BCUT2D eigenvalue weighted by atomic mass is 32.1. The topological polar surface area (TPSA) is 86.2 Å². The van der Waals surface area contributed by atoms with Gasteiger partial charge in [-0.2, -0.15) is 0 Å². The fourth-order valence-electron chi connectivity index (χ4n) is 1.33. The Morgan fingerprint density at radius 3 is 2.60 bits per heavy atom. The van der Waals surface area contributed by atoms with E-state index in [4.69, 9.17) is 11.5 Å². The van der Waals surface area contributed by atoms with E-state index in [-0.39, 0.29) is 18.2 Å². The zero-order chi connectivity index (χ0) is 11.3. The number of rotatable bonds is 6. The highest BCUT2D eigenvalue weighted by molar-refractivity contribution is 7.09. The van der Waals surface area contributed by atoms with Crippen LogP contribution >= 0.6 is 11.3 Å². The van der Waals surface area contributed by atoms with E-state index in [0.29, 0.717) is 12.8 Å². The first-order valence-electron chi connectivity index (χ1n) is 4.69. The molecule has 15 heavy (non-hydrogen) atoms. The lowest BCUT2D eigenvalue weighted by Crippen LogP contribution is -2.26. The number of nitrogens with two attached hydrogens (primary N) is 2. The lowest BCUT2D eigenvalue weighted by molar-refractivity contribution is -0.122. The van der Waals surface area contributed by atoms with Crippen molar-refractivity contribution in [2.75, 3.05) is 0 Å². The van der Waals surface area contributed by atoms with Crippen molar-refractivity contribution in [2.24, 2.45) is 17.4 Å². The van der Waals surface area contributed by atoms with Crippen LogP contribution in [0.5, 0.6) is 0 Å². The van der Waals surface area contributed by atoms with Crippen molar-refractivity contribution in [2.45, 2.75) is 19.3 Å². The Bertz CT molecular complexity index is 335. The van der Waals surface area contributed by atoms with Gasteiger partial charge in [0.15, 0.2) is 0 Å². The summed E-state index contributed by atoms with van der Waals surface area (Å²) in [4.78, 5) is 22.8. The molecular formula is C10H14N2O2S. The number of amides is 2. The number of thiophene rings is 1. The van der Waals surface area contributed by atoms with Crippen LogP contribution in [0, 0.1) is 5.92 Å². The average Bonchev–Trinajstić information content (AvgIpc) is 2.63. The third-order valence-electron chi connectivity index (χ3n) is 2.17. The first-order chi connectivity index (χ1) is 7.09. The molecule has 1 unspecified atom stereocenters. The van der Waals surface area contributed by atoms with Crippen LogP contribution in [0.4, 0.5) is 0 Å². The van der Waals surface area contributed by atoms with Crippen molar-refractivity contribution in [3.8, 4) is 0 Å². The minimum Gasteiger partial charge on any atom is -0.370 e. The standard InChI is InChI=1S/C10H14N2O2S/c11-9(13)4-3-7(10(12)14)6-8-2-1-5-15-8/h1-2,5,7H,3-4,6H2,(H2,11,13)(H2,12,14). The van der Waals surface area contributed by atoms with Crippen LogP contribution in [0.1, 0.15) is 17.7 Å². The molecule has 0 aliphatic carbocycles. The van der Waals surface area contributed by atoms with Gasteiger partial charge in [0.25, 0.3) is 0 Å². The maximum Gasteiger partial charge on any atom is 0.220 e. The maximum atomic E-state index is 11.1. The monoisotopic (exact) mass is 226 g/mol. The van der Waals surface area contributed by atoms with Crippen LogP contribution in [0.3, 0.4) is 0 Å². The van der Waals surface area contributed by atoms with Gasteiger partial charge in [-0.15, -0.1) is 11.3 Å². The molecule has 0 aliphatic rings. The molecule has 4 N–H and O–H groups in total. The van der Waals surface area contributed by atoms with Crippen molar-refractivity contribution in [3.63, 3.8) is 0 Å². The molecule has 0 fully saturated rings. The lowest BCUT2D eigenvalue weighted by Gasteiger charge is -2.10. The molecule has 5 heteroatoms. The predicted octanol–water partition coefficient (Wildman–Crippen LogP) is 0.658. The van der Waals surface area contributed by atoms with Crippen LogP contribution in [-0.2, 0) is 16.0 Å². The third-order valence-corrected chi connectivity index (χ3v) is 3.07. The highest BCUT2D eigenvalue weighted by Crippen LogP contribution is 2.17. The summed E-state index contributed by atoms with van der Waals surface area (Å²) in [7, 11) is 0. The number of hydrogen-bond donors (Lipinski definition) is 2. The Balaban J connectivity index is 2.51. The Morgan fingerprint density at radius 1 is 1.40 bits per heavy atom. The molecule has 0 radical (unpaired) electrons. The van der Waals surface area contributed by atoms with Gasteiger partial charge in [0.05, 0.1) is 0 Å². The second kappa shape index (κ2) is 5.50. The molecule has 1 rings (SSSR count). The van der Waals surface area contributed by atoms with Crippen LogP contribution < -0.4 is 11.5 Å². The highest BCUT2D eigenvalue weighted by Gasteiger charge is 2.17. The number of carbonyl (C=O) groups excluding carboxylic acids is 2. The van der Waals surface area contributed by atoms with E-state index < -0.39 is 5.91 Å². The van der Waals surface area contributed by atoms with E-state index in [1.165, 1.54) is 0 Å². The minimum absolute atomic E-state index is 0.207. The Morgan fingerprint density at radius 2 is 2.13 bits per heavy atom. The van der Waals surface area contributed by atoms with Crippen molar-refractivity contribution in [3.05, 3.63) is 22.4 Å². The van der Waals surface area contributed by atoms with Gasteiger partial charge in [-0.25, -0.2) is 0 Å². The predicted molar refractivity (Wildman–Crippen MR) is 59.1 cm³/mol. The molecule has 1 aromatic heterocycles. The van der Waals surface area contributed by atoms with Crippen LogP contribution in [0.15, 0.2) is 17.5 Å². The Hall–Kier alpha value is -1.36. The van der Waals surface area contributed by atoms with E-state index >= 15 is 0 Å². The lowest BCUT2D eigenvalue weighted by atomic mass is 9.98. The molecule has 0 spiro atoms. The van der Waals surface area contributed by atoms with E-state index in [1.807, 2.05) is 17.5 Å². The smallest absolute Gasteiger partial charge is 0.220 e. The quantitative estimate of drug-likeness (QED) is 0.746. The van der Waals surface area contributed by atoms with Crippen molar-refractivity contribution < 1.29 is 9.59 Å². The molecule has 2 amide bonds. The molecule has 4 nitrogen and oxygen atoms in total. The largest absolute Gasteiger partial charge is 0.370 e. The van der Waals surface area contributed by atoms with Gasteiger partial charge < -0.3 is 11.5 Å². The first kappa shape index (κ1) is 11.7. The van der Waals surface area contributed by atoms with E-state index in [0.717, 1.165) is 4.88 Å². The molecule has 82 valence electrons. The van der Waals surface area contributed by atoms with Gasteiger partial charge in [0, 0.05) is 17.2 Å². The van der Waals surface area contributed by atoms with Crippen LogP contribution in [-0.4, -0.2) is 11.8 Å². The molecule has 1 aromatic rings. The van der Waals surface area contributed by atoms with Crippen LogP contribution in [0.25, 0.3) is 0 Å². The molecule has 0 aromatic carbocycles. The summed E-state index contributed by atoms with van der Waals surface area (Å²) in [6, 6.07) is 3.87. The Labute approximate surface area is 92.3 Å². The van der Waals surface area contributed by atoms with Gasteiger partial charge in [-0.3, -0.25) is 9.59 Å². The summed E-state index contributed by atoms with van der Waals surface area (Å²) in [5.41, 5.74) is 10.3. The Kier molecular flexibility index (Phi) is 4.30. The normalized spacial score (nSPS) is 12.3. The number of carbonyl (C=O) groups is 2. The molecule has 0 saturated carbocycles. The number of primary amides is 2. The SMILES string of the molecule is NC(=O)CCC(Cc1cccs1)C(N)=O. The van der Waals surface area contributed by atoms with Crippen molar-refractivity contribution in [1.29, 1.82) is 0 Å². The summed E-state index contributed by atoms with van der Waals surface area (Å²) >= 11 is 1.58. The summed E-state index contributed by atoms with van der Waals surface area (Å²) < 4.78 is 0. The minimum atomic E-state index is -0.396. The second-order valence-electron chi connectivity index (χ2n) is 3.39. The van der Waals surface area contributed by atoms with Gasteiger partial charge in [-0.05, 0) is 24.3 Å². The van der Waals surface area contributed by atoms with E-state index in [2.05, 4.69) is 0 Å². The summed E-state index contributed by atoms with van der Waals surface area (Å²) in [5, 5.41) is 1.95. The average molecular weight is 226 g/mol. The fraction of sp³-hybridized carbons (Fsp3) is 0.400. The number of hydrogen-bond acceptors (Lipinski definition) is 3. The zero-order valence-electron chi connectivity index (χ0n) is 8.31. The molecule has 1 atom stereocenters. The molecule has 0 bridgehead atoms. The third kappa shape index (κ3) is 4.12. The summed E-state index contributed by atoms with van der Waals surface area (Å²) in [6.07, 6.45) is 1.24. The van der Waals surface area contributed by atoms with Gasteiger partial charge in [0.2, 0.25) is 11.8 Å². The summed E-state index contributed by atoms with van der Waals surface area (Å²) in [5.74, 6) is -1.06. The van der Waals surface area contributed by atoms with Crippen molar-refractivity contribution >= 4 is 23.2 Å². The first-order valence-corrected chi connectivity index (χ1v) is 5.57. The van der Waals surface area contributed by atoms with E-state index in [9.17, 15) is 9.59 Å². The molecule has 1 heterocycles. The second-order valence-corrected chi connectivity index (χ2v) is 4.42. The van der Waals surface area contributed by atoms with E-state index in [1.54, 1.807) is 11.3 Å². The fourth-order valence-corrected chi connectivity index (χ4v) is 2.12. The zero-order valence-corrected chi connectivity index (χ0v) is 9.13. The maximum absolute atomic E-state index is 11.1. The molecule has 0 saturated heterocycles.